The van der Waals surface area contributed by atoms with Crippen molar-refractivity contribution in [2.45, 2.75) is 13.8 Å². The Kier molecular flexibility index (Phi) is 2.18. The third-order valence-electron chi connectivity index (χ3n) is 1.13. The van der Waals surface area contributed by atoms with Gasteiger partial charge in [0.1, 0.15) is 6.33 Å². The molecule has 0 spiro atoms. The number of amides is 1. The molecule has 0 atom stereocenters. The number of hydrogen-bond donors (Lipinski definition) is 1. The van der Waals surface area contributed by atoms with E-state index in [0.29, 0.717) is 0 Å². The number of anilines is 1. The Morgan fingerprint density at radius 1 is 1.50 bits per heavy atom. The molecule has 0 unspecified atom stereocenters. The second kappa shape index (κ2) is 3.12. The van der Waals surface area contributed by atoms with Crippen molar-refractivity contribution in [2.24, 2.45) is 0 Å². The van der Waals surface area contributed by atoms with Crippen LogP contribution in [-0.2, 0) is 4.79 Å². The SMILES string of the molecule is CC(=O)Nc1ncnn1C(C)=O. The first-order valence-electron chi connectivity index (χ1n) is 3.30. The number of carbonyl (C=O) groups is 2. The summed E-state index contributed by atoms with van der Waals surface area (Å²) in [6, 6.07) is 0. The van der Waals surface area contributed by atoms with Gasteiger partial charge in [-0.3, -0.25) is 14.9 Å². The lowest BCUT2D eigenvalue weighted by Crippen LogP contribution is -2.16. The smallest absolute Gasteiger partial charge is 0.246 e. The van der Waals surface area contributed by atoms with Crippen LogP contribution >= 0.6 is 0 Å². The summed E-state index contributed by atoms with van der Waals surface area (Å²) >= 11 is 0. The number of nitrogens with one attached hydrogen (secondary N) is 1. The van der Waals surface area contributed by atoms with E-state index in [4.69, 9.17) is 0 Å². The topological polar surface area (TPSA) is 76.9 Å². The summed E-state index contributed by atoms with van der Waals surface area (Å²) < 4.78 is 1.02. The summed E-state index contributed by atoms with van der Waals surface area (Å²) in [6.07, 6.45) is 1.20. The highest BCUT2D eigenvalue weighted by molar-refractivity contribution is 5.89. The van der Waals surface area contributed by atoms with Crippen LogP contribution in [-0.4, -0.2) is 26.6 Å². The van der Waals surface area contributed by atoms with Crippen molar-refractivity contribution in [1.29, 1.82) is 0 Å². The summed E-state index contributed by atoms with van der Waals surface area (Å²) in [5.74, 6) is -0.434. The fraction of sp³-hybridized carbons (Fsp3) is 0.333. The number of nitrogens with zero attached hydrogens (tertiary/aromatic N) is 3. The Morgan fingerprint density at radius 3 is 2.67 bits per heavy atom. The molecular weight excluding hydrogens is 160 g/mol. The summed E-state index contributed by atoms with van der Waals surface area (Å²) in [5, 5.41) is 5.97. The van der Waals surface area contributed by atoms with E-state index in [1.54, 1.807) is 0 Å². The lowest BCUT2D eigenvalue weighted by molar-refractivity contribution is -0.114. The largest absolute Gasteiger partial charge is 0.295 e. The molecule has 64 valence electrons. The van der Waals surface area contributed by atoms with E-state index in [0.717, 1.165) is 4.68 Å². The number of carbonyl (C=O) groups excluding carboxylic acids is 2. The highest BCUT2D eigenvalue weighted by Crippen LogP contribution is 1.99. The third-order valence-corrected chi connectivity index (χ3v) is 1.13. The number of aromatic nitrogens is 3. The van der Waals surface area contributed by atoms with Gasteiger partial charge in [0.2, 0.25) is 17.8 Å². The molecule has 0 saturated heterocycles. The molecule has 0 aliphatic rings. The molecule has 0 saturated carbocycles. The molecule has 0 aliphatic carbocycles. The van der Waals surface area contributed by atoms with Crippen LogP contribution in [0.4, 0.5) is 5.95 Å². The minimum Gasteiger partial charge on any atom is -0.295 e. The normalized spacial score (nSPS) is 9.50. The minimum absolute atomic E-state index is 0.148. The second-order valence-corrected chi connectivity index (χ2v) is 2.20. The fourth-order valence-electron chi connectivity index (χ4n) is 0.715. The Hall–Kier alpha value is -1.72. The van der Waals surface area contributed by atoms with Gasteiger partial charge in [0.05, 0.1) is 0 Å². The maximum absolute atomic E-state index is 10.8. The molecular formula is C6H8N4O2. The van der Waals surface area contributed by atoms with Gasteiger partial charge in [0, 0.05) is 13.8 Å². The maximum atomic E-state index is 10.8. The molecule has 1 amide bonds. The van der Waals surface area contributed by atoms with Crippen LogP contribution in [0.5, 0.6) is 0 Å². The first-order valence-corrected chi connectivity index (χ1v) is 3.30. The average Bonchev–Trinajstić information content (AvgIpc) is 2.33. The zero-order valence-corrected chi connectivity index (χ0v) is 6.74. The van der Waals surface area contributed by atoms with Gasteiger partial charge in [-0.2, -0.15) is 14.8 Å². The standard InChI is InChI=1S/C6H8N4O2/c1-4(11)9-6-7-3-8-10(6)5(2)12/h3H,1-2H3,(H,7,8,9,11). The molecule has 6 heteroatoms. The molecule has 6 nitrogen and oxygen atoms in total. The maximum Gasteiger partial charge on any atom is 0.246 e. The molecule has 1 heterocycles. The highest BCUT2D eigenvalue weighted by Gasteiger charge is 2.07. The molecule has 0 aromatic carbocycles. The van der Waals surface area contributed by atoms with Gasteiger partial charge in [-0.05, 0) is 0 Å². The van der Waals surface area contributed by atoms with Gasteiger partial charge < -0.3 is 0 Å². The Morgan fingerprint density at radius 2 is 2.17 bits per heavy atom. The van der Waals surface area contributed by atoms with Crippen molar-refractivity contribution in [2.75, 3.05) is 5.32 Å². The molecule has 1 aromatic rings. The summed E-state index contributed by atoms with van der Waals surface area (Å²) in [7, 11) is 0. The van der Waals surface area contributed by atoms with Gasteiger partial charge in [-0.1, -0.05) is 0 Å². The first kappa shape index (κ1) is 8.38. The van der Waals surface area contributed by atoms with Gasteiger partial charge in [0.25, 0.3) is 0 Å². The second-order valence-electron chi connectivity index (χ2n) is 2.20. The Balaban J connectivity index is 2.91. The van der Waals surface area contributed by atoms with Crippen LogP contribution in [0.15, 0.2) is 6.33 Å². The highest BCUT2D eigenvalue weighted by atomic mass is 16.2. The average molecular weight is 168 g/mol. The van der Waals surface area contributed by atoms with E-state index in [2.05, 4.69) is 15.4 Å². The van der Waals surface area contributed by atoms with Gasteiger partial charge in [-0.25, -0.2) is 0 Å². The lowest BCUT2D eigenvalue weighted by atomic mass is 10.6. The molecule has 1 rings (SSSR count). The van der Waals surface area contributed by atoms with Crippen molar-refractivity contribution in [3.63, 3.8) is 0 Å². The van der Waals surface area contributed by atoms with Crippen LogP contribution in [0.2, 0.25) is 0 Å². The fourth-order valence-corrected chi connectivity index (χ4v) is 0.715. The van der Waals surface area contributed by atoms with Crippen LogP contribution in [0.25, 0.3) is 0 Å². The van der Waals surface area contributed by atoms with Gasteiger partial charge in [-0.15, -0.1) is 0 Å². The summed E-state index contributed by atoms with van der Waals surface area (Å²) in [4.78, 5) is 25.1. The zero-order valence-electron chi connectivity index (χ0n) is 6.74. The Bertz CT molecular complexity index is 317. The summed E-state index contributed by atoms with van der Waals surface area (Å²) in [5.41, 5.74) is 0. The molecule has 1 aromatic heterocycles. The molecule has 1 N–H and O–H groups in total. The molecule has 0 radical (unpaired) electrons. The number of hydrogen-bond acceptors (Lipinski definition) is 4. The monoisotopic (exact) mass is 168 g/mol. The van der Waals surface area contributed by atoms with E-state index in [-0.39, 0.29) is 17.8 Å². The lowest BCUT2D eigenvalue weighted by Gasteiger charge is -1.99. The van der Waals surface area contributed by atoms with Crippen molar-refractivity contribution in [3.05, 3.63) is 6.33 Å². The van der Waals surface area contributed by atoms with E-state index in [1.807, 2.05) is 0 Å². The van der Waals surface area contributed by atoms with Crippen molar-refractivity contribution in [1.82, 2.24) is 14.8 Å². The molecule has 12 heavy (non-hydrogen) atoms. The predicted molar refractivity (Wildman–Crippen MR) is 40.6 cm³/mol. The van der Waals surface area contributed by atoms with Crippen LogP contribution in [0.1, 0.15) is 18.6 Å². The van der Waals surface area contributed by atoms with Crippen molar-refractivity contribution < 1.29 is 9.59 Å². The zero-order chi connectivity index (χ0) is 9.14. The molecule has 0 aliphatic heterocycles. The van der Waals surface area contributed by atoms with Gasteiger partial charge in [0.15, 0.2) is 0 Å². The van der Waals surface area contributed by atoms with Crippen LogP contribution in [0.3, 0.4) is 0 Å². The first-order chi connectivity index (χ1) is 5.61. The molecule has 0 bridgehead atoms. The van der Waals surface area contributed by atoms with Gasteiger partial charge >= 0.3 is 0 Å². The van der Waals surface area contributed by atoms with E-state index in [9.17, 15) is 9.59 Å². The molecule has 0 fully saturated rings. The quantitative estimate of drug-likeness (QED) is 0.635. The van der Waals surface area contributed by atoms with E-state index >= 15 is 0 Å². The van der Waals surface area contributed by atoms with Crippen molar-refractivity contribution in [3.8, 4) is 0 Å². The van der Waals surface area contributed by atoms with Crippen LogP contribution in [0, 0.1) is 0 Å². The summed E-state index contributed by atoms with van der Waals surface area (Å²) in [6.45, 7) is 2.67. The van der Waals surface area contributed by atoms with Crippen molar-refractivity contribution >= 4 is 17.8 Å². The number of rotatable bonds is 1. The predicted octanol–water partition coefficient (Wildman–Crippen LogP) is -0.103. The third kappa shape index (κ3) is 1.66. The van der Waals surface area contributed by atoms with E-state index in [1.165, 1.54) is 20.2 Å². The minimum atomic E-state index is -0.295. The van der Waals surface area contributed by atoms with E-state index < -0.39 is 0 Å². The Labute approximate surface area is 68.6 Å². The van der Waals surface area contributed by atoms with Crippen LogP contribution < -0.4 is 5.32 Å².